The monoisotopic (exact) mass is 229 g/mol. The molecule has 0 radical (unpaired) electrons. The summed E-state index contributed by atoms with van der Waals surface area (Å²) in [5.41, 5.74) is 2.88. The summed E-state index contributed by atoms with van der Waals surface area (Å²) in [4.78, 5) is 2.47. The molecule has 2 rings (SSSR count). The molecule has 1 heterocycles. The first-order valence-electron chi connectivity index (χ1n) is 6.27. The Balaban J connectivity index is 1.92. The second-order valence-electron chi connectivity index (χ2n) is 4.58. The van der Waals surface area contributed by atoms with Gasteiger partial charge in [0.15, 0.2) is 0 Å². The number of nitrogens with one attached hydrogen (secondary N) is 1. The lowest BCUT2D eigenvalue weighted by Crippen LogP contribution is -2.26. The van der Waals surface area contributed by atoms with Gasteiger partial charge in [-0.3, -0.25) is 0 Å². The molecular formula is C14H19N3. The lowest BCUT2D eigenvalue weighted by Gasteiger charge is -2.16. The van der Waals surface area contributed by atoms with E-state index < -0.39 is 0 Å². The van der Waals surface area contributed by atoms with Gasteiger partial charge in [0.05, 0.1) is 11.3 Å². The molecule has 1 saturated heterocycles. The van der Waals surface area contributed by atoms with Crippen molar-refractivity contribution in [2.24, 2.45) is 0 Å². The van der Waals surface area contributed by atoms with Gasteiger partial charge in [0.1, 0.15) is 6.07 Å². The number of nitrogens with zero attached hydrogens (tertiary/aromatic N) is 2. The van der Waals surface area contributed by atoms with Crippen molar-refractivity contribution < 1.29 is 0 Å². The number of likely N-dealkylation sites (tertiary alicyclic amines) is 1. The van der Waals surface area contributed by atoms with E-state index in [1.807, 2.05) is 25.1 Å². The summed E-state index contributed by atoms with van der Waals surface area (Å²) < 4.78 is 0. The molecule has 1 aromatic rings. The average molecular weight is 229 g/mol. The number of hydrogen-bond acceptors (Lipinski definition) is 3. The fraction of sp³-hybridized carbons (Fsp3) is 0.500. The number of nitriles is 1. The van der Waals surface area contributed by atoms with Gasteiger partial charge in [-0.05, 0) is 44.5 Å². The van der Waals surface area contributed by atoms with Crippen LogP contribution in [0.5, 0.6) is 0 Å². The van der Waals surface area contributed by atoms with Gasteiger partial charge >= 0.3 is 0 Å². The molecule has 17 heavy (non-hydrogen) atoms. The van der Waals surface area contributed by atoms with Gasteiger partial charge < -0.3 is 10.2 Å². The van der Waals surface area contributed by atoms with Crippen molar-refractivity contribution in [1.82, 2.24) is 4.90 Å². The Morgan fingerprint density at radius 2 is 2.12 bits per heavy atom. The van der Waals surface area contributed by atoms with Crippen molar-refractivity contribution in [2.45, 2.75) is 19.8 Å². The highest BCUT2D eigenvalue weighted by molar-refractivity contribution is 5.62. The molecule has 1 aliphatic heterocycles. The van der Waals surface area contributed by atoms with E-state index in [-0.39, 0.29) is 0 Å². The van der Waals surface area contributed by atoms with Crippen LogP contribution in [0.1, 0.15) is 24.0 Å². The molecule has 0 saturated carbocycles. The van der Waals surface area contributed by atoms with Crippen LogP contribution in [0.15, 0.2) is 18.2 Å². The smallest absolute Gasteiger partial charge is 0.101 e. The molecule has 0 atom stereocenters. The van der Waals surface area contributed by atoms with E-state index in [0.29, 0.717) is 0 Å². The van der Waals surface area contributed by atoms with E-state index in [1.54, 1.807) is 0 Å². The maximum atomic E-state index is 9.05. The molecule has 1 N–H and O–H groups in total. The third-order valence-electron chi connectivity index (χ3n) is 3.32. The molecule has 90 valence electrons. The van der Waals surface area contributed by atoms with Gasteiger partial charge in [-0.15, -0.1) is 0 Å². The van der Waals surface area contributed by atoms with E-state index in [2.05, 4.69) is 16.3 Å². The number of rotatable bonds is 4. The quantitative estimate of drug-likeness (QED) is 0.861. The van der Waals surface area contributed by atoms with Gasteiger partial charge in [-0.25, -0.2) is 0 Å². The minimum Gasteiger partial charge on any atom is -0.382 e. The van der Waals surface area contributed by atoms with E-state index in [1.165, 1.54) is 25.9 Å². The number of para-hydroxylation sites is 1. The molecule has 1 aliphatic rings. The zero-order valence-electron chi connectivity index (χ0n) is 10.4. The second kappa shape index (κ2) is 5.70. The first kappa shape index (κ1) is 11.9. The van der Waals surface area contributed by atoms with Gasteiger partial charge in [-0.2, -0.15) is 5.26 Å². The van der Waals surface area contributed by atoms with Crippen LogP contribution < -0.4 is 5.32 Å². The van der Waals surface area contributed by atoms with Crippen LogP contribution in [0.25, 0.3) is 0 Å². The van der Waals surface area contributed by atoms with Crippen LogP contribution >= 0.6 is 0 Å². The standard InChI is InChI=1S/C14H19N3/c1-12-5-4-6-13(11-15)14(12)16-7-10-17-8-2-3-9-17/h4-6,16H,2-3,7-10H2,1H3. The van der Waals surface area contributed by atoms with Gasteiger partial charge in [0.25, 0.3) is 0 Å². The summed E-state index contributed by atoms with van der Waals surface area (Å²) in [5.74, 6) is 0. The normalized spacial score (nSPS) is 15.8. The van der Waals surface area contributed by atoms with Gasteiger partial charge in [0.2, 0.25) is 0 Å². The lowest BCUT2D eigenvalue weighted by atomic mass is 10.1. The first-order valence-corrected chi connectivity index (χ1v) is 6.27. The average Bonchev–Trinajstić information content (AvgIpc) is 2.84. The number of hydrogen-bond donors (Lipinski definition) is 1. The Morgan fingerprint density at radius 1 is 1.35 bits per heavy atom. The fourth-order valence-electron chi connectivity index (χ4n) is 2.34. The molecule has 0 bridgehead atoms. The summed E-state index contributed by atoms with van der Waals surface area (Å²) in [6.07, 6.45) is 2.65. The van der Waals surface area contributed by atoms with Crippen LogP contribution in [0, 0.1) is 18.3 Å². The predicted molar refractivity (Wildman–Crippen MR) is 70.1 cm³/mol. The highest BCUT2D eigenvalue weighted by Gasteiger charge is 2.11. The molecular weight excluding hydrogens is 210 g/mol. The number of aryl methyl sites for hydroxylation is 1. The highest BCUT2D eigenvalue weighted by Crippen LogP contribution is 2.19. The van der Waals surface area contributed by atoms with E-state index in [0.717, 1.165) is 29.9 Å². The van der Waals surface area contributed by atoms with E-state index in [9.17, 15) is 0 Å². The topological polar surface area (TPSA) is 39.1 Å². The fourth-order valence-corrected chi connectivity index (χ4v) is 2.34. The lowest BCUT2D eigenvalue weighted by molar-refractivity contribution is 0.352. The van der Waals surface area contributed by atoms with Crippen molar-refractivity contribution in [1.29, 1.82) is 5.26 Å². The summed E-state index contributed by atoms with van der Waals surface area (Å²) in [6, 6.07) is 8.08. The van der Waals surface area contributed by atoms with Crippen molar-refractivity contribution in [3.05, 3.63) is 29.3 Å². The van der Waals surface area contributed by atoms with Crippen LogP contribution in [0.3, 0.4) is 0 Å². The Morgan fingerprint density at radius 3 is 2.82 bits per heavy atom. The maximum absolute atomic E-state index is 9.05. The van der Waals surface area contributed by atoms with Crippen molar-refractivity contribution in [3.63, 3.8) is 0 Å². The van der Waals surface area contributed by atoms with Crippen LogP contribution in [0.2, 0.25) is 0 Å². The minimum absolute atomic E-state index is 0.742. The molecule has 0 aromatic heterocycles. The van der Waals surface area contributed by atoms with E-state index >= 15 is 0 Å². The van der Waals surface area contributed by atoms with Crippen LogP contribution in [-0.4, -0.2) is 31.1 Å². The molecule has 0 spiro atoms. The Bertz CT molecular complexity index is 414. The summed E-state index contributed by atoms with van der Waals surface area (Å²) >= 11 is 0. The van der Waals surface area contributed by atoms with Crippen molar-refractivity contribution in [2.75, 3.05) is 31.5 Å². The molecule has 3 nitrogen and oxygen atoms in total. The Kier molecular flexibility index (Phi) is 4.00. The third-order valence-corrected chi connectivity index (χ3v) is 3.32. The molecule has 1 fully saturated rings. The summed E-state index contributed by atoms with van der Waals surface area (Å²) in [6.45, 7) is 6.47. The van der Waals surface area contributed by atoms with Crippen LogP contribution in [0.4, 0.5) is 5.69 Å². The second-order valence-corrected chi connectivity index (χ2v) is 4.58. The zero-order chi connectivity index (χ0) is 12.1. The largest absolute Gasteiger partial charge is 0.382 e. The first-order chi connectivity index (χ1) is 8.31. The van der Waals surface area contributed by atoms with Gasteiger partial charge in [-0.1, -0.05) is 12.1 Å². The van der Waals surface area contributed by atoms with Crippen molar-refractivity contribution >= 4 is 5.69 Å². The zero-order valence-corrected chi connectivity index (χ0v) is 10.4. The Hall–Kier alpha value is -1.53. The van der Waals surface area contributed by atoms with Crippen molar-refractivity contribution in [3.8, 4) is 6.07 Å². The minimum atomic E-state index is 0.742. The maximum Gasteiger partial charge on any atom is 0.101 e. The van der Waals surface area contributed by atoms with Crippen LogP contribution in [-0.2, 0) is 0 Å². The molecule has 3 heteroatoms. The molecule has 0 unspecified atom stereocenters. The molecule has 0 aliphatic carbocycles. The summed E-state index contributed by atoms with van der Waals surface area (Å²) in [7, 11) is 0. The summed E-state index contributed by atoms with van der Waals surface area (Å²) in [5, 5.41) is 12.4. The van der Waals surface area contributed by atoms with E-state index in [4.69, 9.17) is 5.26 Å². The van der Waals surface area contributed by atoms with Gasteiger partial charge in [0, 0.05) is 13.1 Å². The highest BCUT2D eigenvalue weighted by atomic mass is 15.1. The Labute approximate surface area is 103 Å². The predicted octanol–water partition coefficient (Wildman–Crippen LogP) is 2.37. The molecule has 0 amide bonds. The molecule has 1 aromatic carbocycles. The SMILES string of the molecule is Cc1cccc(C#N)c1NCCN1CCCC1. The number of benzene rings is 1. The third kappa shape index (κ3) is 2.98. The number of anilines is 1.